The van der Waals surface area contributed by atoms with E-state index in [2.05, 4.69) is 0 Å². The van der Waals surface area contributed by atoms with Crippen LogP contribution in [-0.2, 0) is 9.59 Å². The molecule has 0 bridgehead atoms. The van der Waals surface area contributed by atoms with Gasteiger partial charge in [0.05, 0.1) is 32.0 Å². The number of carbonyl (C=O) groups excluding carboxylic acids is 4. The van der Waals surface area contributed by atoms with Gasteiger partial charge in [0.25, 0.3) is 0 Å². The van der Waals surface area contributed by atoms with Crippen LogP contribution < -0.4 is 19.1 Å². The molecule has 1 saturated heterocycles. The number of methoxy groups -OCH3 is 2. The number of hydrogen-bond acceptors (Lipinski definition) is 8. The Kier molecular flexibility index (Phi) is 5.87. The zero-order chi connectivity index (χ0) is 28.3. The van der Waals surface area contributed by atoms with Crippen molar-refractivity contribution in [2.45, 2.75) is 31.8 Å². The minimum atomic E-state index is -1.70. The van der Waals surface area contributed by atoms with Crippen LogP contribution in [0.4, 0.5) is 5.69 Å². The van der Waals surface area contributed by atoms with Gasteiger partial charge in [0.15, 0.2) is 23.1 Å². The zero-order valence-corrected chi connectivity index (χ0v) is 22.5. The van der Waals surface area contributed by atoms with Crippen molar-refractivity contribution in [1.29, 1.82) is 0 Å². The van der Waals surface area contributed by atoms with Crippen LogP contribution in [0.5, 0.6) is 17.2 Å². The third-order valence-corrected chi connectivity index (χ3v) is 8.23. The Morgan fingerprint density at radius 2 is 1.55 bits per heavy atom. The highest BCUT2D eigenvalue weighted by Gasteiger charge is 2.71. The monoisotopic (exact) mass is 537 g/mol. The van der Waals surface area contributed by atoms with Gasteiger partial charge in [0.2, 0.25) is 0 Å². The van der Waals surface area contributed by atoms with Gasteiger partial charge in [0.1, 0.15) is 16.9 Å². The van der Waals surface area contributed by atoms with E-state index in [1.807, 2.05) is 18.2 Å². The van der Waals surface area contributed by atoms with Crippen LogP contribution in [0.25, 0.3) is 6.08 Å². The zero-order valence-electron chi connectivity index (χ0n) is 22.5. The van der Waals surface area contributed by atoms with Gasteiger partial charge in [-0.2, -0.15) is 0 Å². The molecule has 1 spiro atoms. The van der Waals surface area contributed by atoms with E-state index < -0.39 is 29.4 Å². The molecule has 3 aliphatic rings. The van der Waals surface area contributed by atoms with Crippen molar-refractivity contribution < 1.29 is 33.4 Å². The quantitative estimate of drug-likeness (QED) is 0.264. The van der Waals surface area contributed by atoms with Crippen molar-refractivity contribution >= 4 is 35.1 Å². The maximum Gasteiger partial charge on any atom is 0.308 e. The number of hydrogen-bond donors (Lipinski definition) is 0. The molecule has 1 fully saturated rings. The van der Waals surface area contributed by atoms with Gasteiger partial charge in [-0.05, 0) is 31.2 Å². The molecular formula is C32H27NO7. The highest BCUT2D eigenvalue weighted by atomic mass is 16.5. The molecule has 2 heterocycles. The van der Waals surface area contributed by atoms with Gasteiger partial charge in [-0.25, -0.2) is 0 Å². The number of carbonyl (C=O) groups is 4. The summed E-state index contributed by atoms with van der Waals surface area (Å²) in [5.74, 6) is -1.30. The Balaban J connectivity index is 1.71. The second-order valence-corrected chi connectivity index (χ2v) is 10.2. The molecule has 202 valence electrons. The predicted molar refractivity (Wildman–Crippen MR) is 147 cm³/mol. The second-order valence-electron chi connectivity index (χ2n) is 10.2. The molecule has 8 heteroatoms. The summed E-state index contributed by atoms with van der Waals surface area (Å²) >= 11 is 0. The number of rotatable bonds is 5. The number of ketones is 3. The summed E-state index contributed by atoms with van der Waals surface area (Å²) in [4.78, 5) is 56.9. The van der Waals surface area contributed by atoms with Crippen LogP contribution in [0.1, 0.15) is 51.6 Å². The Morgan fingerprint density at radius 3 is 2.15 bits per heavy atom. The molecule has 40 heavy (non-hydrogen) atoms. The van der Waals surface area contributed by atoms with E-state index in [1.54, 1.807) is 59.5 Å². The average Bonchev–Trinajstić information content (AvgIpc) is 3.38. The van der Waals surface area contributed by atoms with Crippen molar-refractivity contribution in [3.8, 4) is 17.2 Å². The molecule has 0 radical (unpaired) electrons. The maximum absolute atomic E-state index is 14.6. The van der Waals surface area contributed by atoms with Crippen LogP contribution in [0.2, 0.25) is 0 Å². The van der Waals surface area contributed by atoms with E-state index in [1.165, 1.54) is 28.1 Å². The third kappa shape index (κ3) is 3.31. The summed E-state index contributed by atoms with van der Waals surface area (Å²) in [6.07, 6.45) is 3.63. The fourth-order valence-corrected chi connectivity index (χ4v) is 6.80. The summed E-state index contributed by atoms with van der Waals surface area (Å²) in [5.41, 5.74) is 0.616. The highest BCUT2D eigenvalue weighted by molar-refractivity contribution is 6.32. The van der Waals surface area contributed by atoms with Crippen LogP contribution in [0.15, 0.2) is 66.7 Å². The van der Waals surface area contributed by atoms with Gasteiger partial charge < -0.3 is 19.1 Å². The largest absolute Gasteiger partial charge is 0.497 e. The second kappa shape index (κ2) is 9.19. The Hall–Kier alpha value is -4.72. The summed E-state index contributed by atoms with van der Waals surface area (Å²) < 4.78 is 16.9. The maximum atomic E-state index is 14.6. The van der Waals surface area contributed by atoms with Gasteiger partial charge in [-0.3, -0.25) is 19.2 Å². The molecule has 0 saturated carbocycles. The smallest absolute Gasteiger partial charge is 0.308 e. The molecule has 3 atom stereocenters. The van der Waals surface area contributed by atoms with Gasteiger partial charge in [-0.1, -0.05) is 48.6 Å². The van der Waals surface area contributed by atoms with E-state index in [9.17, 15) is 19.2 Å². The molecule has 2 aliphatic heterocycles. The lowest BCUT2D eigenvalue weighted by molar-refractivity contribution is -0.131. The Bertz CT molecular complexity index is 1600. The molecule has 0 amide bonds. The normalized spacial score (nSPS) is 21.6. The molecular weight excluding hydrogens is 510 g/mol. The van der Waals surface area contributed by atoms with Crippen molar-refractivity contribution in [3.05, 3.63) is 89.0 Å². The molecule has 1 aliphatic carbocycles. The van der Waals surface area contributed by atoms with E-state index in [0.717, 1.165) is 0 Å². The summed E-state index contributed by atoms with van der Waals surface area (Å²) in [6, 6.07) is 15.3. The summed E-state index contributed by atoms with van der Waals surface area (Å²) in [6.45, 7) is 2.75. The lowest BCUT2D eigenvalue weighted by Gasteiger charge is -2.37. The van der Waals surface area contributed by atoms with Crippen molar-refractivity contribution in [3.63, 3.8) is 0 Å². The van der Waals surface area contributed by atoms with Crippen LogP contribution in [0.3, 0.4) is 0 Å². The molecule has 0 unspecified atom stereocenters. The van der Waals surface area contributed by atoms with Gasteiger partial charge in [0, 0.05) is 35.1 Å². The van der Waals surface area contributed by atoms with Gasteiger partial charge in [-0.15, -0.1) is 0 Å². The average molecular weight is 538 g/mol. The molecule has 0 N–H and O–H groups in total. The number of nitrogens with zero attached hydrogens (tertiary/aromatic N) is 1. The molecule has 3 aromatic carbocycles. The lowest BCUT2D eigenvalue weighted by atomic mass is 9.64. The number of fused-ring (bicyclic) bond motifs is 5. The fourth-order valence-electron chi connectivity index (χ4n) is 6.80. The number of para-hydroxylation sites is 1. The van der Waals surface area contributed by atoms with Crippen LogP contribution in [0, 0.1) is 5.41 Å². The standard InChI is InChI=1S/C32H27NO7/c1-17(34)28-27(23-16-20(38-3)13-14-24(23)39-4)32(30(36)21-9-5-6-10-22(21)31(32)37)26-15-12-19-8-7-11-25(40-18(2)35)29(19)33(26)28/h5-16,26-28H,1-4H3/t26-,27-,28+/m0/s1. The molecule has 6 rings (SSSR count). The first-order valence-electron chi connectivity index (χ1n) is 12.9. The SMILES string of the molecule is COc1ccc(OC)c([C@H]2[C@@H](C(C)=O)N3c4c(cccc4OC(C)=O)C=C[C@H]3C23C(=O)c2ccccc2C3=O)c1. The number of anilines is 1. The predicted octanol–water partition coefficient (Wildman–Crippen LogP) is 4.65. The summed E-state index contributed by atoms with van der Waals surface area (Å²) in [5, 5.41) is 0. The van der Waals surface area contributed by atoms with E-state index in [4.69, 9.17) is 14.2 Å². The fraction of sp³-hybridized carbons (Fsp3) is 0.250. The number of Topliss-reactive ketones (excluding diaryl/α,β-unsaturated/α-hetero) is 3. The van der Waals surface area contributed by atoms with Crippen LogP contribution in [-0.4, -0.2) is 49.6 Å². The van der Waals surface area contributed by atoms with Crippen LogP contribution >= 0.6 is 0 Å². The van der Waals surface area contributed by atoms with Crippen molar-refractivity contribution in [2.75, 3.05) is 19.1 Å². The van der Waals surface area contributed by atoms with E-state index in [-0.39, 0.29) is 23.1 Å². The number of esters is 1. The molecule has 8 nitrogen and oxygen atoms in total. The number of benzene rings is 3. The molecule has 3 aromatic rings. The van der Waals surface area contributed by atoms with Crippen molar-refractivity contribution in [2.24, 2.45) is 5.41 Å². The first-order valence-corrected chi connectivity index (χ1v) is 12.9. The first kappa shape index (κ1) is 25.6. The minimum absolute atomic E-state index is 0.245. The Labute approximate surface area is 231 Å². The molecule has 0 aromatic heterocycles. The van der Waals surface area contributed by atoms with Crippen molar-refractivity contribution in [1.82, 2.24) is 0 Å². The minimum Gasteiger partial charge on any atom is -0.497 e. The topological polar surface area (TPSA) is 99.2 Å². The third-order valence-electron chi connectivity index (χ3n) is 8.23. The first-order chi connectivity index (χ1) is 19.2. The van der Waals surface area contributed by atoms with E-state index in [0.29, 0.717) is 39.4 Å². The van der Waals surface area contributed by atoms with E-state index >= 15 is 0 Å². The van der Waals surface area contributed by atoms with Gasteiger partial charge >= 0.3 is 5.97 Å². The highest BCUT2D eigenvalue weighted by Crippen LogP contribution is 2.62. The summed E-state index contributed by atoms with van der Waals surface area (Å²) in [7, 11) is 3.03. The Morgan fingerprint density at radius 1 is 0.850 bits per heavy atom. The lowest BCUT2D eigenvalue weighted by Crippen LogP contribution is -2.48. The number of ether oxygens (including phenoxy) is 3.